The number of amides is 1. The van der Waals surface area contributed by atoms with E-state index < -0.39 is 0 Å². The Labute approximate surface area is 126 Å². The summed E-state index contributed by atoms with van der Waals surface area (Å²) in [5, 5.41) is 3.61. The number of hydrogen-bond donors (Lipinski definition) is 2. The van der Waals surface area contributed by atoms with Gasteiger partial charge in [-0.2, -0.15) is 4.98 Å². The molecule has 3 rings (SSSR count). The quantitative estimate of drug-likeness (QED) is 0.721. The van der Waals surface area contributed by atoms with E-state index in [0.717, 1.165) is 22.7 Å². The Morgan fingerprint density at radius 2 is 2.23 bits per heavy atom. The Hall–Kier alpha value is -3.22. The van der Waals surface area contributed by atoms with Crippen molar-refractivity contribution < 1.29 is 4.79 Å². The second-order valence-electron chi connectivity index (χ2n) is 4.61. The monoisotopic (exact) mass is 294 g/mol. The zero-order valence-corrected chi connectivity index (χ0v) is 11.9. The van der Waals surface area contributed by atoms with E-state index in [0.29, 0.717) is 5.95 Å². The molecule has 0 fully saturated rings. The van der Waals surface area contributed by atoms with Gasteiger partial charge in [0.25, 0.3) is 0 Å². The maximum Gasteiger partial charge on any atom is 0.250 e. The molecule has 0 aliphatic carbocycles. The van der Waals surface area contributed by atoms with E-state index in [1.165, 1.54) is 6.33 Å². The van der Waals surface area contributed by atoms with Crippen LogP contribution < -0.4 is 10.2 Å². The minimum absolute atomic E-state index is 0.185. The summed E-state index contributed by atoms with van der Waals surface area (Å²) in [7, 11) is 1.85. The maximum atomic E-state index is 11.3. The highest BCUT2D eigenvalue weighted by Crippen LogP contribution is 2.24. The van der Waals surface area contributed by atoms with Crippen molar-refractivity contribution in [3.8, 4) is 0 Å². The molecule has 0 aliphatic heterocycles. The molecule has 110 valence electrons. The molecule has 0 radical (unpaired) electrons. The number of rotatable bonds is 4. The summed E-state index contributed by atoms with van der Waals surface area (Å²) in [6.45, 7) is 3.39. The van der Waals surface area contributed by atoms with Crippen LogP contribution in [0.15, 0.2) is 49.4 Å². The van der Waals surface area contributed by atoms with Crippen LogP contribution >= 0.6 is 0 Å². The van der Waals surface area contributed by atoms with Crippen molar-refractivity contribution in [1.29, 1.82) is 0 Å². The van der Waals surface area contributed by atoms with Crippen molar-refractivity contribution in [2.75, 3.05) is 17.3 Å². The van der Waals surface area contributed by atoms with Crippen LogP contribution in [0.25, 0.3) is 10.9 Å². The number of aromatic amines is 1. The van der Waals surface area contributed by atoms with E-state index in [-0.39, 0.29) is 11.9 Å². The Balaban J connectivity index is 1.90. The number of benzene rings is 1. The standard InChI is InChI=1S/C15H14N6O/c1-3-13(22)19-14-17-9-18-15(20-14)21(2)11-4-5-12-10(8-11)6-7-16-12/h3-9,16H,1H2,2H3,(H,17,18,19,20,22). The van der Waals surface area contributed by atoms with E-state index in [1.54, 1.807) is 0 Å². The lowest BCUT2D eigenvalue weighted by molar-refractivity contribution is -0.111. The first kappa shape index (κ1) is 13.7. The molecule has 22 heavy (non-hydrogen) atoms. The van der Waals surface area contributed by atoms with Gasteiger partial charge >= 0.3 is 0 Å². The summed E-state index contributed by atoms with van der Waals surface area (Å²) in [6.07, 6.45) is 4.40. The average Bonchev–Trinajstić information content (AvgIpc) is 3.01. The second-order valence-corrected chi connectivity index (χ2v) is 4.61. The number of hydrogen-bond acceptors (Lipinski definition) is 5. The molecule has 0 atom stereocenters. The first-order chi connectivity index (χ1) is 10.7. The van der Waals surface area contributed by atoms with Gasteiger partial charge in [-0.05, 0) is 30.3 Å². The molecule has 2 heterocycles. The molecule has 1 amide bonds. The van der Waals surface area contributed by atoms with Crippen molar-refractivity contribution in [3.05, 3.63) is 49.4 Å². The predicted molar refractivity (Wildman–Crippen MR) is 85.0 cm³/mol. The summed E-state index contributed by atoms with van der Waals surface area (Å²) in [4.78, 5) is 28.5. The van der Waals surface area contributed by atoms with Crippen LogP contribution in [0.5, 0.6) is 0 Å². The molecule has 0 spiro atoms. The smallest absolute Gasteiger partial charge is 0.250 e. The maximum absolute atomic E-state index is 11.3. The number of nitrogens with one attached hydrogen (secondary N) is 2. The number of carbonyl (C=O) groups excluding carboxylic acids is 1. The number of anilines is 3. The predicted octanol–water partition coefficient (Wildman–Crippen LogP) is 2.25. The van der Waals surface area contributed by atoms with Crippen LogP contribution in [0.4, 0.5) is 17.6 Å². The normalized spacial score (nSPS) is 10.4. The SMILES string of the molecule is C=CC(=O)Nc1ncnc(N(C)c2ccc3[nH]ccc3c2)n1. The molecular formula is C15H14N6O. The lowest BCUT2D eigenvalue weighted by atomic mass is 10.2. The van der Waals surface area contributed by atoms with Crippen LogP contribution in [-0.4, -0.2) is 32.9 Å². The van der Waals surface area contributed by atoms with Crippen LogP contribution in [0, 0.1) is 0 Å². The van der Waals surface area contributed by atoms with Crippen LogP contribution in [-0.2, 0) is 4.79 Å². The minimum atomic E-state index is -0.367. The topological polar surface area (TPSA) is 86.8 Å². The lowest BCUT2D eigenvalue weighted by Gasteiger charge is -2.17. The molecular weight excluding hydrogens is 280 g/mol. The third-order valence-electron chi connectivity index (χ3n) is 3.20. The number of aromatic nitrogens is 4. The summed E-state index contributed by atoms with van der Waals surface area (Å²) >= 11 is 0. The van der Waals surface area contributed by atoms with Crippen molar-refractivity contribution in [1.82, 2.24) is 19.9 Å². The molecule has 1 aromatic carbocycles. The van der Waals surface area contributed by atoms with Crippen molar-refractivity contribution in [2.45, 2.75) is 0 Å². The van der Waals surface area contributed by atoms with E-state index in [1.807, 2.05) is 42.4 Å². The molecule has 0 saturated heterocycles. The molecule has 3 aromatic rings. The van der Waals surface area contributed by atoms with Gasteiger partial charge in [-0.25, -0.2) is 9.97 Å². The fraction of sp³-hybridized carbons (Fsp3) is 0.0667. The summed E-state index contributed by atoms with van der Waals surface area (Å²) in [5.41, 5.74) is 1.99. The molecule has 2 aromatic heterocycles. The molecule has 2 N–H and O–H groups in total. The Bertz CT molecular complexity index is 841. The van der Waals surface area contributed by atoms with Crippen LogP contribution in [0.3, 0.4) is 0 Å². The Morgan fingerprint density at radius 1 is 1.36 bits per heavy atom. The average molecular weight is 294 g/mol. The van der Waals surface area contributed by atoms with Crippen LogP contribution in [0.1, 0.15) is 0 Å². The number of H-pyrrole nitrogens is 1. The van der Waals surface area contributed by atoms with Crippen molar-refractivity contribution in [2.24, 2.45) is 0 Å². The molecule has 0 bridgehead atoms. The van der Waals surface area contributed by atoms with Gasteiger partial charge in [-0.1, -0.05) is 6.58 Å². The summed E-state index contributed by atoms with van der Waals surface area (Å²) < 4.78 is 0. The highest BCUT2D eigenvalue weighted by molar-refractivity contribution is 5.97. The number of carbonyl (C=O) groups is 1. The van der Waals surface area contributed by atoms with Gasteiger partial charge < -0.3 is 9.88 Å². The van der Waals surface area contributed by atoms with E-state index in [9.17, 15) is 4.79 Å². The van der Waals surface area contributed by atoms with Gasteiger partial charge in [0.1, 0.15) is 6.33 Å². The molecule has 7 heteroatoms. The Morgan fingerprint density at radius 3 is 3.05 bits per heavy atom. The van der Waals surface area contributed by atoms with Gasteiger partial charge in [-0.3, -0.25) is 10.1 Å². The zero-order chi connectivity index (χ0) is 15.5. The third kappa shape index (κ3) is 2.64. The number of fused-ring (bicyclic) bond motifs is 1. The number of nitrogens with zero attached hydrogens (tertiary/aromatic N) is 4. The molecule has 7 nitrogen and oxygen atoms in total. The second kappa shape index (κ2) is 5.65. The first-order valence-electron chi connectivity index (χ1n) is 6.61. The highest BCUT2D eigenvalue weighted by atomic mass is 16.1. The van der Waals surface area contributed by atoms with Gasteiger partial charge in [0.2, 0.25) is 17.8 Å². The fourth-order valence-electron chi connectivity index (χ4n) is 2.04. The van der Waals surface area contributed by atoms with Gasteiger partial charge in [0, 0.05) is 29.8 Å². The van der Waals surface area contributed by atoms with Crippen LogP contribution in [0.2, 0.25) is 0 Å². The van der Waals surface area contributed by atoms with Crippen molar-refractivity contribution >= 4 is 34.4 Å². The van der Waals surface area contributed by atoms with E-state index in [2.05, 4.69) is 31.8 Å². The van der Waals surface area contributed by atoms with E-state index >= 15 is 0 Å². The third-order valence-corrected chi connectivity index (χ3v) is 3.20. The summed E-state index contributed by atoms with van der Waals surface area (Å²) in [6, 6.07) is 7.97. The lowest BCUT2D eigenvalue weighted by Crippen LogP contribution is -2.16. The largest absolute Gasteiger partial charge is 0.361 e. The molecule has 0 aliphatic rings. The molecule has 0 unspecified atom stereocenters. The van der Waals surface area contributed by atoms with Crippen molar-refractivity contribution in [3.63, 3.8) is 0 Å². The molecule has 0 saturated carbocycles. The van der Waals surface area contributed by atoms with Gasteiger partial charge in [0.05, 0.1) is 0 Å². The Kier molecular flexibility index (Phi) is 3.53. The first-order valence-corrected chi connectivity index (χ1v) is 6.61. The summed E-state index contributed by atoms with van der Waals surface area (Å²) in [5.74, 6) is 0.252. The van der Waals surface area contributed by atoms with Gasteiger partial charge in [-0.15, -0.1) is 0 Å². The van der Waals surface area contributed by atoms with Gasteiger partial charge in [0.15, 0.2) is 0 Å². The fourth-order valence-corrected chi connectivity index (χ4v) is 2.04. The minimum Gasteiger partial charge on any atom is -0.361 e. The van der Waals surface area contributed by atoms with E-state index in [4.69, 9.17) is 0 Å². The zero-order valence-electron chi connectivity index (χ0n) is 11.9. The highest BCUT2D eigenvalue weighted by Gasteiger charge is 2.10.